The van der Waals surface area contributed by atoms with Crippen LogP contribution in [-0.2, 0) is 4.79 Å². The van der Waals surface area contributed by atoms with Crippen LogP contribution in [0.4, 0.5) is 5.69 Å². The predicted molar refractivity (Wildman–Crippen MR) is 128 cm³/mol. The molecule has 0 unspecified atom stereocenters. The molecule has 2 amide bonds. The van der Waals surface area contributed by atoms with Crippen LogP contribution < -0.4 is 14.8 Å². The van der Waals surface area contributed by atoms with Crippen LogP contribution in [-0.4, -0.2) is 38.0 Å². The van der Waals surface area contributed by atoms with E-state index < -0.39 is 12.0 Å². The molecule has 1 aliphatic rings. The number of likely N-dealkylation sites (N-methyl/N-ethyl adjacent to an activating group) is 1. The van der Waals surface area contributed by atoms with Crippen molar-refractivity contribution < 1.29 is 19.1 Å². The van der Waals surface area contributed by atoms with Crippen molar-refractivity contribution in [3.63, 3.8) is 0 Å². The zero-order valence-electron chi connectivity index (χ0n) is 18.9. The van der Waals surface area contributed by atoms with E-state index in [4.69, 9.17) is 21.1 Å². The smallest absolute Gasteiger partial charge is 0.254 e. The number of nitrogens with one attached hydrogen (secondary N) is 1. The highest BCUT2D eigenvalue weighted by atomic mass is 35.5. The Labute approximate surface area is 198 Å². The Morgan fingerprint density at radius 3 is 2.39 bits per heavy atom. The number of carbonyl (C=O) groups excluding carboxylic acids is 2. The molecular weight excluding hydrogens is 440 g/mol. The van der Waals surface area contributed by atoms with Gasteiger partial charge in [0.25, 0.3) is 5.91 Å². The van der Waals surface area contributed by atoms with Gasteiger partial charge in [0.05, 0.1) is 31.9 Å². The van der Waals surface area contributed by atoms with Crippen molar-refractivity contribution in [2.75, 3.05) is 26.6 Å². The number of carbonyl (C=O) groups is 2. The van der Waals surface area contributed by atoms with E-state index in [1.165, 1.54) is 7.11 Å². The molecule has 6 nitrogen and oxygen atoms in total. The maximum atomic E-state index is 13.8. The first-order valence-electron chi connectivity index (χ1n) is 10.5. The lowest BCUT2D eigenvalue weighted by molar-refractivity contribution is -0.119. The summed E-state index contributed by atoms with van der Waals surface area (Å²) in [6, 6.07) is 17.6. The number of benzene rings is 3. The number of rotatable bonds is 5. The van der Waals surface area contributed by atoms with Crippen LogP contribution in [0.15, 0.2) is 60.7 Å². The Balaban J connectivity index is 1.81. The molecule has 1 N–H and O–H groups in total. The summed E-state index contributed by atoms with van der Waals surface area (Å²) in [5.41, 5.74) is 3.37. The van der Waals surface area contributed by atoms with Gasteiger partial charge in [-0.3, -0.25) is 9.59 Å². The van der Waals surface area contributed by atoms with E-state index in [-0.39, 0.29) is 11.8 Å². The van der Waals surface area contributed by atoms with Crippen molar-refractivity contribution in [2.24, 2.45) is 0 Å². The predicted octanol–water partition coefficient (Wildman–Crippen LogP) is 5.21. The van der Waals surface area contributed by atoms with Gasteiger partial charge < -0.3 is 19.7 Å². The largest absolute Gasteiger partial charge is 0.497 e. The van der Waals surface area contributed by atoms with E-state index in [1.54, 1.807) is 43.3 Å². The molecule has 170 valence electrons. The van der Waals surface area contributed by atoms with Gasteiger partial charge in [-0.2, -0.15) is 0 Å². The zero-order valence-corrected chi connectivity index (χ0v) is 19.6. The summed E-state index contributed by atoms with van der Waals surface area (Å²) in [4.78, 5) is 28.6. The Morgan fingerprint density at radius 2 is 1.73 bits per heavy atom. The number of methoxy groups -OCH3 is 2. The van der Waals surface area contributed by atoms with Gasteiger partial charge in [0.1, 0.15) is 11.5 Å². The van der Waals surface area contributed by atoms with Gasteiger partial charge in [-0.05, 0) is 47.9 Å². The molecule has 0 aliphatic carbocycles. The molecule has 1 aliphatic heterocycles. The summed E-state index contributed by atoms with van der Waals surface area (Å²) in [7, 11) is 4.85. The molecule has 0 radical (unpaired) electrons. The maximum Gasteiger partial charge on any atom is 0.254 e. The Kier molecular flexibility index (Phi) is 6.29. The molecule has 4 rings (SSSR count). The van der Waals surface area contributed by atoms with Gasteiger partial charge in [-0.15, -0.1) is 0 Å². The highest BCUT2D eigenvalue weighted by Crippen LogP contribution is 2.43. The second kappa shape index (κ2) is 9.16. The minimum Gasteiger partial charge on any atom is -0.497 e. The number of hydrogen-bond acceptors (Lipinski definition) is 4. The lowest BCUT2D eigenvalue weighted by atomic mass is 9.79. The fourth-order valence-corrected chi connectivity index (χ4v) is 4.47. The molecule has 0 saturated heterocycles. The Hall–Kier alpha value is -3.51. The van der Waals surface area contributed by atoms with E-state index in [9.17, 15) is 9.59 Å². The third kappa shape index (κ3) is 4.14. The number of fused-ring (bicyclic) bond motifs is 1. The minimum atomic E-state index is -0.641. The Bertz CT molecular complexity index is 1210. The van der Waals surface area contributed by atoms with E-state index >= 15 is 0 Å². The first-order valence-corrected chi connectivity index (χ1v) is 10.9. The molecule has 3 aromatic carbocycles. The normalized spacial score (nSPS) is 17.4. The maximum absolute atomic E-state index is 13.8. The van der Waals surface area contributed by atoms with E-state index in [2.05, 4.69) is 5.32 Å². The zero-order chi connectivity index (χ0) is 23.7. The van der Waals surface area contributed by atoms with Crippen LogP contribution >= 0.6 is 11.6 Å². The van der Waals surface area contributed by atoms with Gasteiger partial charge in [-0.1, -0.05) is 41.9 Å². The second-order valence-corrected chi connectivity index (χ2v) is 8.40. The molecule has 0 fully saturated rings. The van der Waals surface area contributed by atoms with Gasteiger partial charge in [0, 0.05) is 23.7 Å². The van der Waals surface area contributed by atoms with Crippen LogP contribution in [0.2, 0.25) is 5.02 Å². The first kappa shape index (κ1) is 22.7. The summed E-state index contributed by atoms with van der Waals surface area (Å²) in [5.74, 6) is 0.149. The number of hydrogen-bond donors (Lipinski definition) is 1. The summed E-state index contributed by atoms with van der Waals surface area (Å²) in [6.45, 7) is 1.86. The molecule has 1 heterocycles. The summed E-state index contributed by atoms with van der Waals surface area (Å²) in [6.07, 6.45) is 0. The topological polar surface area (TPSA) is 67.9 Å². The molecule has 0 bridgehead atoms. The van der Waals surface area contributed by atoms with Crippen LogP contribution in [0.25, 0.3) is 0 Å². The van der Waals surface area contributed by atoms with Crippen molar-refractivity contribution in [1.82, 2.24) is 4.90 Å². The van der Waals surface area contributed by atoms with Crippen molar-refractivity contribution in [3.8, 4) is 11.5 Å². The van der Waals surface area contributed by atoms with E-state index in [0.29, 0.717) is 33.3 Å². The SMILES string of the molecule is COc1ccc([C@@H]2[C@H](C(=O)Nc3cc(C)c(Cl)cc3OC)c3ccccc3C(=O)N2C)cc1. The third-order valence-electron chi connectivity index (χ3n) is 6.06. The quantitative estimate of drug-likeness (QED) is 0.562. The molecule has 33 heavy (non-hydrogen) atoms. The van der Waals surface area contributed by atoms with Gasteiger partial charge in [0.15, 0.2) is 0 Å². The van der Waals surface area contributed by atoms with Crippen LogP contribution in [0, 0.1) is 6.92 Å². The first-order chi connectivity index (χ1) is 15.8. The average molecular weight is 465 g/mol. The van der Waals surface area contributed by atoms with E-state index in [0.717, 1.165) is 11.1 Å². The van der Waals surface area contributed by atoms with Crippen LogP contribution in [0.5, 0.6) is 11.5 Å². The van der Waals surface area contributed by atoms with Crippen molar-refractivity contribution >= 4 is 29.1 Å². The minimum absolute atomic E-state index is 0.129. The fourth-order valence-electron chi connectivity index (χ4n) is 4.32. The lowest BCUT2D eigenvalue weighted by Crippen LogP contribution is -2.44. The molecule has 0 spiro atoms. The van der Waals surface area contributed by atoms with Gasteiger partial charge in [0.2, 0.25) is 5.91 Å². The Morgan fingerprint density at radius 1 is 1.03 bits per heavy atom. The number of anilines is 1. The summed E-state index contributed by atoms with van der Waals surface area (Å²) in [5, 5.41) is 3.56. The molecule has 0 saturated carbocycles. The summed E-state index contributed by atoms with van der Waals surface area (Å²) < 4.78 is 10.7. The van der Waals surface area contributed by atoms with Gasteiger partial charge >= 0.3 is 0 Å². The number of ether oxygens (including phenoxy) is 2. The average Bonchev–Trinajstić information content (AvgIpc) is 2.83. The second-order valence-electron chi connectivity index (χ2n) is 7.99. The monoisotopic (exact) mass is 464 g/mol. The molecule has 7 heteroatoms. The fraction of sp³-hybridized carbons (Fsp3) is 0.231. The molecular formula is C26H25ClN2O4. The summed E-state index contributed by atoms with van der Waals surface area (Å²) >= 11 is 6.23. The van der Waals surface area contributed by atoms with Crippen molar-refractivity contribution in [3.05, 3.63) is 87.9 Å². The van der Waals surface area contributed by atoms with Crippen molar-refractivity contribution in [1.29, 1.82) is 0 Å². The molecule has 2 atom stereocenters. The van der Waals surface area contributed by atoms with E-state index in [1.807, 2.05) is 43.3 Å². The number of aryl methyl sites for hydroxylation is 1. The van der Waals surface area contributed by atoms with Crippen LogP contribution in [0.1, 0.15) is 39.0 Å². The highest BCUT2D eigenvalue weighted by molar-refractivity contribution is 6.31. The standard InChI is InChI=1S/C26H25ClN2O4/c1-15-13-21(22(33-4)14-20(15)27)28-25(30)23-18-7-5-6-8-19(18)26(31)29(2)24(23)16-9-11-17(32-3)12-10-16/h5-14,23-24H,1-4H3,(H,28,30)/t23-,24-/m1/s1. The molecule has 3 aromatic rings. The van der Waals surface area contributed by atoms with Gasteiger partial charge in [-0.25, -0.2) is 0 Å². The number of halogens is 1. The van der Waals surface area contributed by atoms with Crippen molar-refractivity contribution in [2.45, 2.75) is 18.9 Å². The number of amides is 2. The highest BCUT2D eigenvalue weighted by Gasteiger charge is 2.42. The third-order valence-corrected chi connectivity index (χ3v) is 6.47. The number of nitrogens with zero attached hydrogens (tertiary/aromatic N) is 1. The van der Waals surface area contributed by atoms with Crippen LogP contribution in [0.3, 0.4) is 0 Å². The molecule has 0 aromatic heterocycles. The lowest BCUT2D eigenvalue weighted by Gasteiger charge is -2.39.